The van der Waals surface area contributed by atoms with Gasteiger partial charge in [-0.2, -0.15) is 0 Å². The van der Waals surface area contributed by atoms with Gasteiger partial charge in [0.15, 0.2) is 5.90 Å². The van der Waals surface area contributed by atoms with Crippen molar-refractivity contribution in [3.8, 4) is 0 Å². The molecule has 0 aromatic heterocycles. The van der Waals surface area contributed by atoms with E-state index in [4.69, 9.17) is 9.84 Å². The maximum Gasteiger partial charge on any atom is 0.178 e. The van der Waals surface area contributed by atoms with E-state index in [0.29, 0.717) is 12.5 Å². The van der Waals surface area contributed by atoms with E-state index in [1.165, 1.54) is 0 Å². The van der Waals surface area contributed by atoms with Gasteiger partial charge in [-0.3, -0.25) is 4.99 Å². The third kappa shape index (κ3) is 2.26. The molecule has 56 valence electrons. The van der Waals surface area contributed by atoms with Gasteiger partial charge in [-0.1, -0.05) is 0 Å². The Morgan fingerprint density at radius 3 is 2.70 bits per heavy atom. The van der Waals surface area contributed by atoms with Crippen LogP contribution in [0.3, 0.4) is 0 Å². The normalized spacial score (nSPS) is 30.5. The fraction of sp³-hybridized carbons (Fsp3) is 0.667. The van der Waals surface area contributed by atoms with Gasteiger partial charge in [0.25, 0.3) is 0 Å². The Morgan fingerprint density at radius 2 is 2.50 bits per heavy atom. The van der Waals surface area contributed by atoms with Crippen LogP contribution in [0.5, 0.6) is 0 Å². The Labute approximate surface area is 84.2 Å². The second-order valence-corrected chi connectivity index (χ2v) is 2.30. The van der Waals surface area contributed by atoms with Crippen molar-refractivity contribution in [2.75, 3.05) is 13.2 Å². The van der Waals surface area contributed by atoms with Crippen LogP contribution < -0.4 is 0 Å². The van der Waals surface area contributed by atoms with E-state index in [2.05, 4.69) is 11.9 Å². The molecule has 10 heavy (non-hydrogen) atoms. The van der Waals surface area contributed by atoms with E-state index in [0.717, 1.165) is 0 Å². The number of nitrogens with zero attached hydrogens (tertiary/aromatic N) is 1. The molecule has 0 radical (unpaired) electrons. The summed E-state index contributed by atoms with van der Waals surface area (Å²) in [5.74, 6) is 0.610. The van der Waals surface area contributed by atoms with Crippen molar-refractivity contribution in [2.45, 2.75) is 12.5 Å². The summed E-state index contributed by atoms with van der Waals surface area (Å²) < 4.78 is 4.99. The Hall–Kier alpha value is 0.482. The average Bonchev–Trinajstić information content (AvgIpc) is 2.13. The third-order valence-electron chi connectivity index (χ3n) is 1.24. The molecule has 1 atom stereocenters. The molecule has 0 aromatic carbocycles. The summed E-state index contributed by atoms with van der Waals surface area (Å²) in [6, 6.07) is 0. The Kier molecular flexibility index (Phi) is 3.93. The first kappa shape index (κ1) is 10.5. The fourth-order valence-electron chi connectivity index (χ4n) is 0.718. The van der Waals surface area contributed by atoms with Crippen molar-refractivity contribution in [1.29, 1.82) is 0 Å². The van der Waals surface area contributed by atoms with Crippen molar-refractivity contribution in [3.05, 3.63) is 6.92 Å². The minimum absolute atomic E-state index is 0. The summed E-state index contributed by atoms with van der Waals surface area (Å²) in [7, 11) is 0. The molecule has 1 unspecified atom stereocenters. The van der Waals surface area contributed by atoms with Crippen molar-refractivity contribution >= 4 is 5.90 Å². The molecule has 0 bridgehead atoms. The van der Waals surface area contributed by atoms with Gasteiger partial charge in [0, 0.05) is 44.6 Å². The number of ether oxygens (including phenoxy) is 1. The summed E-state index contributed by atoms with van der Waals surface area (Å²) in [5, 5.41) is 8.69. The predicted octanol–water partition coefficient (Wildman–Crippen LogP) is 0.000190. The molecule has 0 saturated carbocycles. The SMILES string of the molecule is [CH2-]C1(CO)COC(C)=N1.[U]. The first-order valence-electron chi connectivity index (χ1n) is 2.82. The van der Waals surface area contributed by atoms with E-state index >= 15 is 0 Å². The van der Waals surface area contributed by atoms with Crippen LogP contribution in [0.2, 0.25) is 0 Å². The fourth-order valence-corrected chi connectivity index (χ4v) is 0.718. The molecule has 3 nitrogen and oxygen atoms in total. The van der Waals surface area contributed by atoms with E-state index in [1.807, 2.05) is 0 Å². The molecule has 0 aromatic rings. The van der Waals surface area contributed by atoms with Gasteiger partial charge in [-0.15, -0.1) is 0 Å². The second kappa shape index (κ2) is 3.75. The zero-order chi connectivity index (χ0) is 6.91. The molecular weight excluding hydrogens is 356 g/mol. The number of aliphatic imine (C=N–C) groups is 1. The summed E-state index contributed by atoms with van der Waals surface area (Å²) in [5.41, 5.74) is -0.621. The van der Waals surface area contributed by atoms with Crippen LogP contribution in [0.4, 0.5) is 0 Å². The van der Waals surface area contributed by atoms with Crippen LogP contribution in [0, 0.1) is 38.0 Å². The molecule has 1 heterocycles. The number of rotatable bonds is 1. The summed E-state index contributed by atoms with van der Waals surface area (Å²) in [4.78, 5) is 3.97. The number of aliphatic hydroxyl groups is 1. The van der Waals surface area contributed by atoms with Crippen molar-refractivity contribution in [2.24, 2.45) is 4.99 Å². The topological polar surface area (TPSA) is 41.8 Å². The summed E-state index contributed by atoms with van der Waals surface area (Å²) in [6.07, 6.45) is 0. The van der Waals surface area contributed by atoms with Crippen LogP contribution in [-0.2, 0) is 4.74 Å². The molecule has 0 amide bonds. The van der Waals surface area contributed by atoms with Gasteiger partial charge in [0.05, 0.1) is 6.61 Å². The molecule has 4 heteroatoms. The van der Waals surface area contributed by atoms with E-state index in [1.54, 1.807) is 6.92 Å². The molecule has 0 saturated heterocycles. The number of hydrogen-bond donors (Lipinski definition) is 1. The second-order valence-electron chi connectivity index (χ2n) is 2.30. The largest absolute Gasteiger partial charge is 0.481 e. The van der Waals surface area contributed by atoms with Gasteiger partial charge >= 0.3 is 0 Å². The Balaban J connectivity index is 0.000000810. The molecule has 1 aliphatic heterocycles. The van der Waals surface area contributed by atoms with Gasteiger partial charge in [0.2, 0.25) is 0 Å². The molecule has 1 N–H and O–H groups in total. The van der Waals surface area contributed by atoms with Crippen LogP contribution in [0.25, 0.3) is 0 Å². The zero-order valence-electron chi connectivity index (χ0n) is 5.92. The first-order chi connectivity index (χ1) is 4.16. The van der Waals surface area contributed by atoms with Gasteiger partial charge in [0.1, 0.15) is 0 Å². The standard InChI is InChI=1S/C6H10NO2.U/c1-5-7-6(2,3-8)4-9-5;/h8H,2-4H2,1H3;/q-1;. The van der Waals surface area contributed by atoms with Crippen molar-refractivity contribution in [3.63, 3.8) is 0 Å². The van der Waals surface area contributed by atoms with Crippen LogP contribution in [-0.4, -0.2) is 29.8 Å². The quantitative estimate of drug-likeness (QED) is 0.664. The smallest absolute Gasteiger partial charge is 0.178 e. The monoisotopic (exact) mass is 366 g/mol. The predicted molar refractivity (Wildman–Crippen MR) is 34.2 cm³/mol. The zero-order valence-corrected chi connectivity index (χ0v) is 10.1. The van der Waals surface area contributed by atoms with E-state index < -0.39 is 5.54 Å². The van der Waals surface area contributed by atoms with Crippen LogP contribution in [0.15, 0.2) is 4.99 Å². The van der Waals surface area contributed by atoms with E-state index in [-0.39, 0.29) is 37.7 Å². The minimum Gasteiger partial charge on any atom is -0.481 e. The Bertz CT molecular complexity index is 149. The average molecular weight is 366 g/mol. The maximum atomic E-state index is 8.69. The number of hydrogen-bond acceptors (Lipinski definition) is 3. The first-order valence-corrected chi connectivity index (χ1v) is 2.82. The molecular formula is C6H10NO2U-. The summed E-state index contributed by atoms with van der Waals surface area (Å²) >= 11 is 0. The van der Waals surface area contributed by atoms with Crippen LogP contribution >= 0.6 is 0 Å². The molecule has 1 aliphatic rings. The summed E-state index contributed by atoms with van der Waals surface area (Å²) in [6.45, 7) is 5.77. The van der Waals surface area contributed by atoms with E-state index in [9.17, 15) is 0 Å². The van der Waals surface area contributed by atoms with Crippen LogP contribution in [0.1, 0.15) is 6.92 Å². The molecule has 0 spiro atoms. The third-order valence-corrected chi connectivity index (χ3v) is 1.24. The minimum atomic E-state index is -0.621. The Morgan fingerprint density at radius 1 is 1.90 bits per heavy atom. The molecule has 1 rings (SSSR count). The van der Waals surface area contributed by atoms with Gasteiger partial charge < -0.3 is 16.8 Å². The van der Waals surface area contributed by atoms with Crippen molar-refractivity contribution < 1.29 is 41.0 Å². The van der Waals surface area contributed by atoms with Gasteiger partial charge in [-0.25, -0.2) is 0 Å². The molecule has 0 aliphatic carbocycles. The molecule has 0 fully saturated rings. The maximum absolute atomic E-state index is 8.69. The number of aliphatic hydroxyl groups excluding tert-OH is 1. The van der Waals surface area contributed by atoms with Gasteiger partial charge in [-0.05, 0) is 5.54 Å². The van der Waals surface area contributed by atoms with Crippen molar-refractivity contribution in [1.82, 2.24) is 0 Å².